The van der Waals surface area contributed by atoms with Crippen molar-refractivity contribution in [3.63, 3.8) is 0 Å². The zero-order valence-electron chi connectivity index (χ0n) is 17.4. The van der Waals surface area contributed by atoms with Crippen LogP contribution in [0.2, 0.25) is 0 Å². The summed E-state index contributed by atoms with van der Waals surface area (Å²) in [6.07, 6.45) is 1.17. The van der Waals surface area contributed by atoms with Gasteiger partial charge in [0.05, 0.1) is 12.1 Å². The van der Waals surface area contributed by atoms with Gasteiger partial charge in [0.2, 0.25) is 5.95 Å². The van der Waals surface area contributed by atoms with Gasteiger partial charge >= 0.3 is 0 Å². The van der Waals surface area contributed by atoms with Gasteiger partial charge in [-0.1, -0.05) is 29.8 Å². The molecule has 1 atom stereocenters. The fourth-order valence-corrected chi connectivity index (χ4v) is 3.67. The lowest BCUT2D eigenvalue weighted by molar-refractivity contribution is 0.618. The summed E-state index contributed by atoms with van der Waals surface area (Å²) in [5.41, 5.74) is 14.5. The monoisotopic (exact) mass is 429 g/mol. The number of benzene rings is 1. The first-order chi connectivity index (χ1) is 15.3. The quantitative estimate of drug-likeness (QED) is 0.421. The lowest BCUT2D eigenvalue weighted by Gasteiger charge is -2.21. The second kappa shape index (κ2) is 8.00. The van der Waals surface area contributed by atoms with Crippen molar-refractivity contribution in [2.24, 2.45) is 0 Å². The van der Waals surface area contributed by atoms with Crippen molar-refractivity contribution < 1.29 is 4.39 Å². The van der Waals surface area contributed by atoms with E-state index in [0.29, 0.717) is 22.2 Å². The van der Waals surface area contributed by atoms with Gasteiger partial charge in [-0.15, -0.1) is 0 Å². The van der Waals surface area contributed by atoms with Gasteiger partial charge in [0, 0.05) is 17.8 Å². The van der Waals surface area contributed by atoms with E-state index >= 15 is 0 Å². The minimum Gasteiger partial charge on any atom is -0.392 e. The Kier molecular flexibility index (Phi) is 5.20. The third-order valence-electron chi connectivity index (χ3n) is 5.14. The number of nitrogens with one attached hydrogen (secondary N) is 1. The molecule has 0 aliphatic rings. The highest BCUT2D eigenvalue weighted by molar-refractivity contribution is 5.79. The summed E-state index contributed by atoms with van der Waals surface area (Å²) in [6.45, 7) is 11.2. The highest BCUT2D eigenvalue weighted by Crippen LogP contribution is 2.34. The molecule has 3 heterocycles. The van der Waals surface area contributed by atoms with Crippen LogP contribution in [-0.4, -0.2) is 14.4 Å². The van der Waals surface area contributed by atoms with Gasteiger partial charge in [-0.3, -0.25) is 9.20 Å². The number of pyridine rings is 2. The first kappa shape index (κ1) is 20.8. The second-order valence-corrected chi connectivity index (χ2v) is 7.43. The van der Waals surface area contributed by atoms with Crippen LogP contribution in [0.15, 0.2) is 53.5 Å². The van der Waals surface area contributed by atoms with Crippen molar-refractivity contribution in [3.05, 3.63) is 87.4 Å². The molecular weight excluding hydrogens is 409 g/mol. The molecule has 9 heteroatoms. The van der Waals surface area contributed by atoms with Crippen LogP contribution in [0.4, 0.5) is 27.7 Å². The summed E-state index contributed by atoms with van der Waals surface area (Å²) in [4.78, 5) is 24.8. The lowest BCUT2D eigenvalue weighted by Crippen LogP contribution is -2.21. The Morgan fingerprint density at radius 1 is 1.19 bits per heavy atom. The number of aromatic nitrogens is 3. The molecule has 0 saturated carbocycles. The van der Waals surface area contributed by atoms with Crippen LogP contribution in [0.3, 0.4) is 0 Å². The molecule has 1 aromatic carbocycles. The molecule has 5 N–H and O–H groups in total. The predicted octanol–water partition coefficient (Wildman–Crippen LogP) is 4.09. The molecule has 0 radical (unpaired) electrons. The number of aryl methyl sites for hydroxylation is 1. The molecule has 32 heavy (non-hydrogen) atoms. The van der Waals surface area contributed by atoms with Crippen molar-refractivity contribution >= 4 is 28.8 Å². The maximum atomic E-state index is 13.9. The number of hydrogen-bond acceptors (Lipinski definition) is 6. The number of nitrogens with zero attached hydrogens (tertiary/aromatic N) is 4. The van der Waals surface area contributed by atoms with Crippen molar-refractivity contribution in [2.75, 3.05) is 16.8 Å². The van der Waals surface area contributed by atoms with Gasteiger partial charge in [0.1, 0.15) is 17.5 Å². The average molecular weight is 429 g/mol. The van der Waals surface area contributed by atoms with E-state index in [9.17, 15) is 9.18 Å². The molecule has 4 rings (SSSR count). The molecule has 0 aliphatic heterocycles. The molecule has 0 saturated heterocycles. The predicted molar refractivity (Wildman–Crippen MR) is 123 cm³/mol. The van der Waals surface area contributed by atoms with Crippen LogP contribution in [0, 0.1) is 19.3 Å². The Morgan fingerprint density at radius 2 is 1.97 bits per heavy atom. The van der Waals surface area contributed by atoms with Crippen LogP contribution >= 0.6 is 0 Å². The van der Waals surface area contributed by atoms with E-state index in [0.717, 1.165) is 5.56 Å². The van der Waals surface area contributed by atoms with Crippen LogP contribution < -0.4 is 22.3 Å². The highest BCUT2D eigenvalue weighted by Gasteiger charge is 2.21. The van der Waals surface area contributed by atoms with E-state index in [2.05, 4.69) is 20.1 Å². The first-order valence-corrected chi connectivity index (χ1v) is 9.77. The van der Waals surface area contributed by atoms with Crippen molar-refractivity contribution in [2.45, 2.75) is 19.9 Å². The molecule has 0 bridgehead atoms. The zero-order chi connectivity index (χ0) is 23.0. The first-order valence-electron chi connectivity index (χ1n) is 9.77. The second-order valence-electron chi connectivity index (χ2n) is 7.43. The summed E-state index contributed by atoms with van der Waals surface area (Å²) < 4.78 is 15.2. The minimum absolute atomic E-state index is 0.0323. The summed E-state index contributed by atoms with van der Waals surface area (Å²) in [7, 11) is 0. The molecular formula is C23H20FN7O. The van der Waals surface area contributed by atoms with Crippen molar-refractivity contribution in [3.8, 4) is 11.1 Å². The van der Waals surface area contributed by atoms with Gasteiger partial charge in [-0.25, -0.2) is 19.2 Å². The molecule has 8 nitrogen and oxygen atoms in total. The van der Waals surface area contributed by atoms with Gasteiger partial charge in [-0.05, 0) is 43.2 Å². The molecule has 3 aromatic heterocycles. The Hall–Kier alpha value is -4.45. The maximum absolute atomic E-state index is 13.9. The molecule has 160 valence electrons. The van der Waals surface area contributed by atoms with E-state index in [1.807, 2.05) is 44.2 Å². The third-order valence-corrected chi connectivity index (χ3v) is 5.14. The van der Waals surface area contributed by atoms with Gasteiger partial charge < -0.3 is 16.8 Å². The standard InChI is InChI=1S/C23H20FN7O/c1-12-5-4-6-14(9-12)18-17(10-16-8-7-15(24)11-31(16)22(18)32)13(2)28-21-19(27-3)20(25)29-23(26)30-21/h4-11,13H,1-2H3,(H5,25,26,28,29,30)/t13-/m0/s1. The lowest BCUT2D eigenvalue weighted by atomic mass is 9.95. The SMILES string of the molecule is [C-]#[N+]c1c(N)nc(N)nc1N[C@@H](C)c1cc2ccc(F)cn2c(=O)c1-c1cccc(C)c1. The largest absolute Gasteiger partial charge is 0.392 e. The third kappa shape index (κ3) is 3.70. The van der Waals surface area contributed by atoms with Crippen molar-refractivity contribution in [1.29, 1.82) is 0 Å². The number of anilines is 3. The molecule has 0 unspecified atom stereocenters. The van der Waals surface area contributed by atoms with E-state index in [4.69, 9.17) is 18.0 Å². The van der Waals surface area contributed by atoms with Crippen LogP contribution in [-0.2, 0) is 0 Å². The molecule has 0 fully saturated rings. The van der Waals surface area contributed by atoms with Crippen LogP contribution in [0.25, 0.3) is 21.5 Å². The summed E-state index contributed by atoms with van der Waals surface area (Å²) in [5.74, 6) is -0.443. The topological polar surface area (TPSA) is 116 Å². The zero-order valence-corrected chi connectivity index (χ0v) is 17.4. The molecule has 0 aliphatic carbocycles. The minimum atomic E-state index is -0.512. The molecule has 0 spiro atoms. The number of nitrogens with two attached hydrogens (primary N) is 2. The normalized spacial score (nSPS) is 11.8. The van der Waals surface area contributed by atoms with Gasteiger partial charge in [0.25, 0.3) is 11.2 Å². The van der Waals surface area contributed by atoms with Crippen LogP contribution in [0.5, 0.6) is 0 Å². The Morgan fingerprint density at radius 3 is 2.69 bits per heavy atom. The fraction of sp³-hybridized carbons (Fsp3) is 0.130. The van der Waals surface area contributed by atoms with E-state index in [1.165, 1.54) is 22.7 Å². The van der Waals surface area contributed by atoms with E-state index < -0.39 is 11.9 Å². The Labute approximate surface area is 183 Å². The average Bonchev–Trinajstić information content (AvgIpc) is 2.73. The van der Waals surface area contributed by atoms with E-state index in [-0.39, 0.29) is 28.8 Å². The fourth-order valence-electron chi connectivity index (χ4n) is 3.67. The summed E-state index contributed by atoms with van der Waals surface area (Å²) in [6, 6.07) is 11.7. The Balaban J connectivity index is 1.94. The number of fused-ring (bicyclic) bond motifs is 1. The molecule has 0 amide bonds. The smallest absolute Gasteiger partial charge is 0.268 e. The number of halogens is 1. The molecule has 4 aromatic rings. The van der Waals surface area contributed by atoms with Gasteiger partial charge in [-0.2, -0.15) is 0 Å². The Bertz CT molecular complexity index is 1460. The van der Waals surface area contributed by atoms with E-state index in [1.54, 1.807) is 0 Å². The number of hydrogen-bond donors (Lipinski definition) is 3. The maximum Gasteiger partial charge on any atom is 0.268 e. The number of rotatable bonds is 4. The number of nitrogen functional groups attached to an aromatic ring is 2. The summed E-state index contributed by atoms with van der Waals surface area (Å²) in [5, 5.41) is 3.14. The van der Waals surface area contributed by atoms with Crippen LogP contribution in [0.1, 0.15) is 24.1 Å². The highest BCUT2D eigenvalue weighted by atomic mass is 19.1. The van der Waals surface area contributed by atoms with Gasteiger partial charge in [0.15, 0.2) is 0 Å². The van der Waals surface area contributed by atoms with Crippen molar-refractivity contribution in [1.82, 2.24) is 14.4 Å². The summed E-state index contributed by atoms with van der Waals surface area (Å²) >= 11 is 0.